The number of carbonyl (C=O) groups is 1. The Morgan fingerprint density at radius 3 is 2.48 bits per heavy atom. The molecule has 0 saturated heterocycles. The third-order valence-corrected chi connectivity index (χ3v) is 6.14. The maximum absolute atomic E-state index is 13.6. The normalized spacial score (nSPS) is 11.1. The lowest BCUT2D eigenvalue weighted by molar-refractivity contribution is -0.894. The summed E-state index contributed by atoms with van der Waals surface area (Å²) in [5.74, 6) is 0.852. The van der Waals surface area contributed by atoms with Gasteiger partial charge >= 0.3 is 0 Å². The first-order valence-electron chi connectivity index (χ1n) is 9.84. The van der Waals surface area contributed by atoms with Crippen LogP contribution in [0.3, 0.4) is 0 Å². The Labute approximate surface area is 175 Å². The maximum atomic E-state index is 13.6. The van der Waals surface area contributed by atoms with E-state index in [-0.39, 0.29) is 5.91 Å². The second kappa shape index (κ2) is 9.71. The predicted molar refractivity (Wildman–Crippen MR) is 118 cm³/mol. The lowest BCUT2D eigenvalue weighted by atomic mass is 10.1. The molecule has 2 aromatic carbocycles. The molecule has 1 N–H and O–H groups in total. The van der Waals surface area contributed by atoms with Gasteiger partial charge in [-0.2, -0.15) is 0 Å². The quantitative estimate of drug-likeness (QED) is 0.585. The Kier molecular flexibility index (Phi) is 7.06. The molecule has 0 aliphatic rings. The maximum Gasteiger partial charge on any atom is 0.264 e. The Morgan fingerprint density at radius 1 is 1.07 bits per heavy atom. The van der Waals surface area contributed by atoms with Gasteiger partial charge < -0.3 is 14.4 Å². The third kappa shape index (κ3) is 4.52. The van der Waals surface area contributed by atoms with Crippen LogP contribution in [-0.2, 0) is 0 Å². The van der Waals surface area contributed by atoms with Crippen molar-refractivity contribution >= 4 is 32.6 Å². The van der Waals surface area contributed by atoms with Gasteiger partial charge in [-0.3, -0.25) is 9.69 Å². The van der Waals surface area contributed by atoms with Gasteiger partial charge in [0.05, 0.1) is 56.2 Å². The summed E-state index contributed by atoms with van der Waals surface area (Å²) in [4.78, 5) is 21.5. The Morgan fingerprint density at radius 2 is 1.83 bits per heavy atom. The molecule has 1 aromatic heterocycles. The highest BCUT2D eigenvalue weighted by Crippen LogP contribution is 2.34. The molecule has 0 saturated carbocycles. The van der Waals surface area contributed by atoms with E-state index in [1.54, 1.807) is 37.3 Å². The van der Waals surface area contributed by atoms with Crippen LogP contribution in [0, 0.1) is 0 Å². The summed E-state index contributed by atoms with van der Waals surface area (Å²) in [5.41, 5.74) is 1.37. The van der Waals surface area contributed by atoms with Gasteiger partial charge in [-0.25, -0.2) is 4.98 Å². The number of aromatic nitrogens is 1. The average molecular weight is 415 g/mol. The van der Waals surface area contributed by atoms with Crippen molar-refractivity contribution in [2.45, 2.75) is 13.8 Å². The van der Waals surface area contributed by atoms with Crippen LogP contribution in [0.2, 0.25) is 0 Å². The van der Waals surface area contributed by atoms with Crippen LogP contribution in [-0.4, -0.2) is 51.3 Å². The molecule has 0 aliphatic carbocycles. The van der Waals surface area contributed by atoms with Crippen molar-refractivity contribution in [3.05, 3.63) is 48.0 Å². The fraction of sp³-hybridized carbons (Fsp3) is 0.364. The van der Waals surface area contributed by atoms with Crippen molar-refractivity contribution in [3.63, 3.8) is 0 Å². The van der Waals surface area contributed by atoms with E-state index in [2.05, 4.69) is 13.8 Å². The van der Waals surface area contributed by atoms with Crippen molar-refractivity contribution in [1.82, 2.24) is 4.98 Å². The molecule has 29 heavy (non-hydrogen) atoms. The number of carbonyl (C=O) groups excluding carboxylic acids is 1. The van der Waals surface area contributed by atoms with Crippen LogP contribution in [0.5, 0.6) is 11.5 Å². The summed E-state index contributed by atoms with van der Waals surface area (Å²) in [7, 11) is 3.12. The van der Waals surface area contributed by atoms with Gasteiger partial charge in [-0.1, -0.05) is 29.5 Å². The molecule has 0 atom stereocenters. The Bertz CT molecular complexity index is 936. The van der Waals surface area contributed by atoms with Crippen LogP contribution < -0.4 is 19.3 Å². The first kappa shape index (κ1) is 21.1. The van der Waals surface area contributed by atoms with E-state index in [0.717, 1.165) is 29.9 Å². The van der Waals surface area contributed by atoms with Crippen molar-refractivity contribution < 1.29 is 19.2 Å². The van der Waals surface area contributed by atoms with Crippen LogP contribution in [0.25, 0.3) is 10.2 Å². The highest BCUT2D eigenvalue weighted by atomic mass is 32.1. The predicted octanol–water partition coefficient (Wildman–Crippen LogP) is 2.89. The van der Waals surface area contributed by atoms with Gasteiger partial charge in [0.25, 0.3) is 5.91 Å². The molecule has 1 amide bonds. The minimum atomic E-state index is -0.133. The number of quaternary nitrogens is 1. The molecule has 0 fully saturated rings. The van der Waals surface area contributed by atoms with Crippen molar-refractivity contribution in [2.75, 3.05) is 45.3 Å². The van der Waals surface area contributed by atoms with Gasteiger partial charge in [-0.15, -0.1) is 0 Å². The number of anilines is 1. The van der Waals surface area contributed by atoms with E-state index in [4.69, 9.17) is 14.5 Å². The van der Waals surface area contributed by atoms with Gasteiger partial charge in [0.2, 0.25) is 0 Å². The van der Waals surface area contributed by atoms with Crippen LogP contribution in [0.4, 0.5) is 5.13 Å². The molecule has 6 nitrogen and oxygen atoms in total. The Hall–Kier alpha value is -2.64. The first-order valence-corrected chi connectivity index (χ1v) is 10.7. The van der Waals surface area contributed by atoms with Gasteiger partial charge in [0.1, 0.15) is 0 Å². The summed E-state index contributed by atoms with van der Waals surface area (Å²) in [6, 6.07) is 13.3. The SMILES string of the molecule is CC[NH+](CC)CCN(C(=O)c1cccc(OC)c1OC)c1nc2ccccc2s1. The van der Waals surface area contributed by atoms with Crippen molar-refractivity contribution in [3.8, 4) is 11.5 Å². The van der Waals surface area contributed by atoms with Crippen molar-refractivity contribution in [1.29, 1.82) is 0 Å². The van der Waals surface area contributed by atoms with E-state index >= 15 is 0 Å². The number of methoxy groups -OCH3 is 2. The molecule has 1 heterocycles. The van der Waals surface area contributed by atoms with Gasteiger partial charge in [0, 0.05) is 0 Å². The molecule has 7 heteroatoms. The van der Waals surface area contributed by atoms with E-state index in [0.29, 0.717) is 28.7 Å². The molecular formula is C22H28N3O3S+. The second-order valence-electron chi connectivity index (χ2n) is 6.67. The molecule has 0 radical (unpaired) electrons. The molecular weight excluding hydrogens is 386 g/mol. The summed E-state index contributed by atoms with van der Waals surface area (Å²) in [6.07, 6.45) is 0. The van der Waals surface area contributed by atoms with Crippen LogP contribution in [0.1, 0.15) is 24.2 Å². The number of likely N-dealkylation sites (N-methyl/N-ethyl adjacent to an activating group) is 1. The van der Waals surface area contributed by atoms with Crippen molar-refractivity contribution in [2.24, 2.45) is 0 Å². The molecule has 0 aliphatic heterocycles. The fourth-order valence-corrected chi connectivity index (χ4v) is 4.32. The lowest BCUT2D eigenvalue weighted by Gasteiger charge is -2.24. The standard InChI is InChI=1S/C22H27N3O3S/c1-5-24(6-2)14-15-25(22-23-17-11-7-8-13-19(17)29-22)21(26)16-10-9-12-18(27-3)20(16)28-4/h7-13H,5-6,14-15H2,1-4H3/p+1. The number of fused-ring (bicyclic) bond motifs is 1. The van der Waals surface area contributed by atoms with E-state index in [9.17, 15) is 4.79 Å². The third-order valence-electron chi connectivity index (χ3n) is 5.08. The van der Waals surface area contributed by atoms with E-state index in [1.807, 2.05) is 24.3 Å². The number of amides is 1. The topological polar surface area (TPSA) is 56.1 Å². The number of rotatable bonds is 9. The number of thiazole rings is 1. The second-order valence-corrected chi connectivity index (χ2v) is 7.68. The minimum absolute atomic E-state index is 0.133. The van der Waals surface area contributed by atoms with Gasteiger partial charge in [-0.05, 0) is 38.1 Å². The number of hydrogen-bond donors (Lipinski definition) is 1. The average Bonchev–Trinajstić information content (AvgIpc) is 3.19. The first-order chi connectivity index (χ1) is 14.1. The molecule has 0 bridgehead atoms. The highest BCUT2D eigenvalue weighted by Gasteiger charge is 2.26. The molecule has 0 spiro atoms. The monoisotopic (exact) mass is 414 g/mol. The number of benzene rings is 2. The molecule has 3 aromatic rings. The summed E-state index contributed by atoms with van der Waals surface area (Å²) in [6.45, 7) is 7.78. The minimum Gasteiger partial charge on any atom is -0.493 e. The number of ether oxygens (including phenoxy) is 2. The van der Waals surface area contributed by atoms with Crippen LogP contribution >= 0.6 is 11.3 Å². The van der Waals surface area contributed by atoms with Crippen LogP contribution in [0.15, 0.2) is 42.5 Å². The zero-order valence-corrected chi connectivity index (χ0v) is 18.2. The number of nitrogens with zero attached hydrogens (tertiary/aromatic N) is 2. The summed E-state index contributed by atoms with van der Waals surface area (Å²) >= 11 is 1.53. The summed E-state index contributed by atoms with van der Waals surface area (Å²) in [5, 5.41) is 0.702. The van der Waals surface area contributed by atoms with E-state index < -0.39 is 0 Å². The number of para-hydroxylation sites is 2. The van der Waals surface area contributed by atoms with Gasteiger partial charge in [0.15, 0.2) is 16.6 Å². The Balaban J connectivity index is 2.01. The molecule has 0 unspecified atom stereocenters. The zero-order chi connectivity index (χ0) is 20.8. The fourth-order valence-electron chi connectivity index (χ4n) is 3.33. The number of nitrogens with one attached hydrogen (secondary N) is 1. The van der Waals surface area contributed by atoms with E-state index in [1.165, 1.54) is 16.2 Å². The zero-order valence-electron chi connectivity index (χ0n) is 17.4. The lowest BCUT2D eigenvalue weighted by Crippen LogP contribution is -3.12. The smallest absolute Gasteiger partial charge is 0.264 e. The number of hydrogen-bond acceptors (Lipinski definition) is 5. The molecule has 154 valence electrons. The highest BCUT2D eigenvalue weighted by molar-refractivity contribution is 7.22. The largest absolute Gasteiger partial charge is 0.493 e. The molecule has 3 rings (SSSR count). The summed E-state index contributed by atoms with van der Waals surface area (Å²) < 4.78 is 12.0.